The fraction of sp³-hybridized carbons (Fsp3) is 0.842. The Morgan fingerprint density at radius 2 is 1.92 bits per heavy atom. The Labute approximate surface area is 150 Å². The predicted octanol–water partition coefficient (Wildman–Crippen LogP) is 2.12. The van der Waals surface area contributed by atoms with Crippen LogP contribution in [0.2, 0.25) is 0 Å². The summed E-state index contributed by atoms with van der Waals surface area (Å²) >= 11 is 0. The average Bonchev–Trinajstić information content (AvgIpc) is 2.88. The highest BCUT2D eigenvalue weighted by atomic mass is 16.5. The van der Waals surface area contributed by atoms with Gasteiger partial charge in [-0.2, -0.15) is 0 Å². The van der Waals surface area contributed by atoms with E-state index in [9.17, 15) is 14.4 Å². The van der Waals surface area contributed by atoms with Crippen molar-refractivity contribution in [2.75, 3.05) is 13.2 Å². The lowest BCUT2D eigenvalue weighted by Gasteiger charge is -2.39. The van der Waals surface area contributed by atoms with Gasteiger partial charge in [-0.3, -0.25) is 14.4 Å². The number of esters is 1. The second kappa shape index (κ2) is 7.75. The first kappa shape index (κ1) is 19.7. The molecule has 0 unspecified atom stereocenters. The van der Waals surface area contributed by atoms with Gasteiger partial charge in [0, 0.05) is 24.5 Å². The van der Waals surface area contributed by atoms with Crippen molar-refractivity contribution in [3.05, 3.63) is 0 Å². The van der Waals surface area contributed by atoms with Gasteiger partial charge < -0.3 is 15.0 Å². The van der Waals surface area contributed by atoms with Crippen LogP contribution in [0, 0.1) is 17.8 Å². The van der Waals surface area contributed by atoms with E-state index in [1.54, 1.807) is 0 Å². The van der Waals surface area contributed by atoms with Gasteiger partial charge in [0.15, 0.2) is 6.61 Å². The molecule has 1 heterocycles. The number of rotatable bonds is 4. The molecule has 6 heteroatoms. The number of carbonyl (C=O) groups excluding carboxylic acids is 3. The van der Waals surface area contributed by atoms with Gasteiger partial charge in [-0.1, -0.05) is 26.7 Å². The van der Waals surface area contributed by atoms with Crippen molar-refractivity contribution in [3.63, 3.8) is 0 Å². The van der Waals surface area contributed by atoms with E-state index in [0.29, 0.717) is 18.4 Å². The molecule has 1 aliphatic heterocycles. The minimum absolute atomic E-state index is 0.0343. The summed E-state index contributed by atoms with van der Waals surface area (Å²) in [4.78, 5) is 38.3. The van der Waals surface area contributed by atoms with Crippen molar-refractivity contribution in [2.45, 2.75) is 71.9 Å². The summed E-state index contributed by atoms with van der Waals surface area (Å²) in [5, 5.41) is 2.75. The number of ether oxygens (including phenoxy) is 1. The fourth-order valence-corrected chi connectivity index (χ4v) is 3.91. The molecule has 1 saturated carbocycles. The molecule has 2 rings (SSSR count). The van der Waals surface area contributed by atoms with Crippen LogP contribution < -0.4 is 5.32 Å². The molecule has 2 amide bonds. The average molecular weight is 352 g/mol. The molecule has 0 aromatic heterocycles. The molecule has 1 saturated heterocycles. The van der Waals surface area contributed by atoms with E-state index >= 15 is 0 Å². The van der Waals surface area contributed by atoms with Crippen LogP contribution in [-0.2, 0) is 19.1 Å². The number of amides is 2. The first-order valence-electron chi connectivity index (χ1n) is 9.35. The number of nitrogens with one attached hydrogen (secondary N) is 1. The van der Waals surface area contributed by atoms with Gasteiger partial charge in [0.25, 0.3) is 5.91 Å². The van der Waals surface area contributed by atoms with E-state index in [2.05, 4.69) is 19.2 Å². The Morgan fingerprint density at radius 1 is 1.24 bits per heavy atom. The molecule has 0 bridgehead atoms. The topological polar surface area (TPSA) is 75.7 Å². The largest absolute Gasteiger partial charge is 0.455 e. The zero-order chi connectivity index (χ0) is 18.8. The Kier molecular flexibility index (Phi) is 6.12. The monoisotopic (exact) mass is 352 g/mol. The molecular weight excluding hydrogens is 320 g/mol. The molecule has 142 valence electrons. The van der Waals surface area contributed by atoms with Crippen LogP contribution in [0.25, 0.3) is 0 Å². The van der Waals surface area contributed by atoms with Gasteiger partial charge >= 0.3 is 5.97 Å². The quantitative estimate of drug-likeness (QED) is 0.787. The van der Waals surface area contributed by atoms with Crippen LogP contribution in [0.4, 0.5) is 0 Å². The summed E-state index contributed by atoms with van der Waals surface area (Å²) in [6.45, 7) is 10.2. The first-order valence-corrected chi connectivity index (χ1v) is 9.35. The lowest BCUT2D eigenvalue weighted by molar-refractivity contribution is -0.152. The summed E-state index contributed by atoms with van der Waals surface area (Å²) in [6.07, 6.45) is 3.53. The number of hydrogen-bond donors (Lipinski definition) is 1. The number of likely N-dealkylation sites (tertiary alicyclic amines) is 1. The summed E-state index contributed by atoms with van der Waals surface area (Å²) in [5.41, 5.74) is -0.364. The third-order valence-corrected chi connectivity index (χ3v) is 5.42. The molecule has 1 aliphatic carbocycles. The fourth-order valence-electron chi connectivity index (χ4n) is 3.91. The first-order chi connectivity index (χ1) is 11.6. The van der Waals surface area contributed by atoms with E-state index in [0.717, 1.165) is 12.8 Å². The van der Waals surface area contributed by atoms with Crippen molar-refractivity contribution in [3.8, 4) is 0 Å². The van der Waals surface area contributed by atoms with Crippen LogP contribution in [0.1, 0.15) is 60.3 Å². The molecular formula is C19H32N2O4. The third kappa shape index (κ3) is 5.19. The summed E-state index contributed by atoms with van der Waals surface area (Å²) in [5.74, 6) is -0.150. The smallest absolute Gasteiger partial charge is 0.311 e. The lowest BCUT2D eigenvalue weighted by atomic mass is 9.77. The molecule has 0 aromatic carbocycles. The summed E-state index contributed by atoms with van der Waals surface area (Å²) < 4.78 is 5.14. The van der Waals surface area contributed by atoms with Gasteiger partial charge in [-0.05, 0) is 39.0 Å². The maximum absolute atomic E-state index is 12.4. The minimum atomic E-state index is -0.459. The standard InChI is InChI=1S/C19H32N2O4/c1-12-7-6-8-15(13(12)2)21-10-14(9-17(21)23)18(24)25-11-16(22)20-19(3,4)5/h12-15H,6-11H2,1-5H3,(H,20,22)/t12-,13-,14-,15-/m1/s1. The molecule has 4 atom stereocenters. The Hall–Kier alpha value is -1.59. The number of carbonyl (C=O) groups is 3. The molecule has 0 aromatic rings. The van der Waals surface area contributed by atoms with Crippen LogP contribution in [0.3, 0.4) is 0 Å². The van der Waals surface area contributed by atoms with E-state index < -0.39 is 11.9 Å². The SMILES string of the molecule is C[C@@H]1[C@H](C)CCC[C@H]1N1C[C@H](C(=O)OCC(=O)NC(C)(C)C)CC1=O. The van der Waals surface area contributed by atoms with Crippen molar-refractivity contribution in [1.29, 1.82) is 0 Å². The molecule has 0 radical (unpaired) electrons. The van der Waals surface area contributed by atoms with Crippen molar-refractivity contribution < 1.29 is 19.1 Å². The Morgan fingerprint density at radius 3 is 2.56 bits per heavy atom. The molecule has 2 aliphatic rings. The van der Waals surface area contributed by atoms with Crippen molar-refractivity contribution in [2.24, 2.45) is 17.8 Å². The number of hydrogen-bond acceptors (Lipinski definition) is 4. The lowest BCUT2D eigenvalue weighted by Crippen LogP contribution is -2.45. The molecule has 6 nitrogen and oxygen atoms in total. The van der Waals surface area contributed by atoms with E-state index in [1.165, 1.54) is 6.42 Å². The third-order valence-electron chi connectivity index (χ3n) is 5.42. The number of nitrogens with zero attached hydrogens (tertiary/aromatic N) is 1. The molecule has 25 heavy (non-hydrogen) atoms. The van der Waals surface area contributed by atoms with Crippen LogP contribution >= 0.6 is 0 Å². The van der Waals surface area contributed by atoms with Crippen LogP contribution in [-0.4, -0.2) is 47.4 Å². The zero-order valence-electron chi connectivity index (χ0n) is 16.1. The van der Waals surface area contributed by atoms with Crippen molar-refractivity contribution in [1.82, 2.24) is 10.2 Å². The van der Waals surface area contributed by atoms with E-state index in [4.69, 9.17) is 4.74 Å². The van der Waals surface area contributed by atoms with Crippen molar-refractivity contribution >= 4 is 17.8 Å². The van der Waals surface area contributed by atoms with Gasteiger partial charge in [-0.25, -0.2) is 0 Å². The van der Waals surface area contributed by atoms with E-state index in [-0.39, 0.29) is 36.4 Å². The molecule has 2 fully saturated rings. The molecule has 0 spiro atoms. The second-order valence-corrected chi connectivity index (χ2v) is 8.69. The predicted molar refractivity (Wildman–Crippen MR) is 94.6 cm³/mol. The summed E-state index contributed by atoms with van der Waals surface area (Å²) in [6, 6.07) is 0.221. The Balaban J connectivity index is 1.87. The van der Waals surface area contributed by atoms with Gasteiger partial charge in [0.2, 0.25) is 5.91 Å². The van der Waals surface area contributed by atoms with Crippen LogP contribution in [0.15, 0.2) is 0 Å². The maximum Gasteiger partial charge on any atom is 0.311 e. The van der Waals surface area contributed by atoms with E-state index in [1.807, 2.05) is 25.7 Å². The zero-order valence-corrected chi connectivity index (χ0v) is 16.1. The second-order valence-electron chi connectivity index (χ2n) is 8.69. The normalized spacial score (nSPS) is 30.3. The van der Waals surface area contributed by atoms with Gasteiger partial charge in [0.1, 0.15) is 0 Å². The van der Waals surface area contributed by atoms with Crippen LogP contribution in [0.5, 0.6) is 0 Å². The van der Waals surface area contributed by atoms with Gasteiger partial charge in [-0.15, -0.1) is 0 Å². The van der Waals surface area contributed by atoms with Gasteiger partial charge in [0.05, 0.1) is 5.92 Å². The molecule has 1 N–H and O–H groups in total. The highest BCUT2D eigenvalue weighted by Gasteiger charge is 2.42. The highest BCUT2D eigenvalue weighted by Crippen LogP contribution is 2.35. The maximum atomic E-state index is 12.4. The highest BCUT2D eigenvalue weighted by molar-refractivity contribution is 5.88. The Bertz CT molecular complexity index is 526. The minimum Gasteiger partial charge on any atom is -0.455 e. The summed E-state index contributed by atoms with van der Waals surface area (Å²) in [7, 11) is 0.